The lowest BCUT2D eigenvalue weighted by atomic mass is 9.95. The van der Waals surface area contributed by atoms with Crippen LogP contribution >= 0.6 is 0 Å². The fraction of sp³-hybridized carbons (Fsp3) is 0.647. The van der Waals surface area contributed by atoms with Gasteiger partial charge in [0.2, 0.25) is 0 Å². The van der Waals surface area contributed by atoms with E-state index in [2.05, 4.69) is 28.4 Å². The van der Waals surface area contributed by atoms with Crippen molar-refractivity contribution in [1.29, 1.82) is 0 Å². The first-order valence-electron chi connectivity index (χ1n) is 8.09. The van der Waals surface area contributed by atoms with Gasteiger partial charge in [-0.05, 0) is 56.1 Å². The summed E-state index contributed by atoms with van der Waals surface area (Å²) in [5.74, 6) is 1.02. The maximum absolute atomic E-state index is 5.69. The summed E-state index contributed by atoms with van der Waals surface area (Å²) in [5, 5.41) is 3.58. The predicted octanol–water partition coefficient (Wildman–Crippen LogP) is 3.11. The second kappa shape index (κ2) is 6.59. The molecule has 0 unspecified atom stereocenters. The largest absolute Gasteiger partial charge is 0.494 e. The van der Waals surface area contributed by atoms with Crippen molar-refractivity contribution in [2.45, 2.75) is 45.2 Å². The number of likely N-dealkylation sites (tertiary alicyclic amines) is 1. The van der Waals surface area contributed by atoms with Gasteiger partial charge in [-0.15, -0.1) is 0 Å². The minimum Gasteiger partial charge on any atom is -0.494 e. The Balaban J connectivity index is 1.85. The van der Waals surface area contributed by atoms with Crippen LogP contribution < -0.4 is 10.1 Å². The van der Waals surface area contributed by atoms with Gasteiger partial charge in [0, 0.05) is 19.1 Å². The van der Waals surface area contributed by atoms with Crippen LogP contribution in [0.2, 0.25) is 0 Å². The van der Waals surface area contributed by atoms with Crippen LogP contribution in [0, 0.1) is 0 Å². The fourth-order valence-corrected chi connectivity index (χ4v) is 3.49. The third kappa shape index (κ3) is 2.99. The molecule has 1 atom stereocenters. The van der Waals surface area contributed by atoms with Crippen LogP contribution in [0.25, 0.3) is 0 Å². The van der Waals surface area contributed by atoms with Crippen LogP contribution in [0.1, 0.15) is 49.8 Å². The third-order valence-corrected chi connectivity index (χ3v) is 4.52. The molecular formula is C17H26N2O. The highest BCUT2D eigenvalue weighted by Crippen LogP contribution is 2.31. The second-order valence-corrected chi connectivity index (χ2v) is 5.89. The zero-order chi connectivity index (χ0) is 13.8. The van der Waals surface area contributed by atoms with Crippen molar-refractivity contribution in [3.63, 3.8) is 0 Å². The maximum Gasteiger partial charge on any atom is 0.119 e. The molecule has 0 aliphatic carbocycles. The zero-order valence-corrected chi connectivity index (χ0v) is 12.5. The molecule has 0 aromatic heterocycles. The van der Waals surface area contributed by atoms with Crippen LogP contribution in [-0.4, -0.2) is 31.1 Å². The number of benzene rings is 1. The van der Waals surface area contributed by atoms with Crippen molar-refractivity contribution >= 4 is 0 Å². The quantitative estimate of drug-likeness (QED) is 0.916. The van der Waals surface area contributed by atoms with Crippen LogP contribution in [0.5, 0.6) is 5.75 Å². The lowest BCUT2D eigenvalue weighted by molar-refractivity contribution is 0.191. The van der Waals surface area contributed by atoms with E-state index in [-0.39, 0.29) is 0 Å². The Bertz CT molecular complexity index is 439. The number of nitrogens with one attached hydrogen (secondary N) is 1. The normalized spacial score (nSPS) is 23.9. The summed E-state index contributed by atoms with van der Waals surface area (Å²) < 4.78 is 5.69. The van der Waals surface area contributed by atoms with E-state index in [1.165, 1.54) is 49.9 Å². The van der Waals surface area contributed by atoms with Crippen LogP contribution in [-0.2, 0) is 6.54 Å². The van der Waals surface area contributed by atoms with Gasteiger partial charge in [0.15, 0.2) is 0 Å². The van der Waals surface area contributed by atoms with E-state index in [9.17, 15) is 0 Å². The smallest absolute Gasteiger partial charge is 0.119 e. The number of hydrogen-bond donors (Lipinski definition) is 1. The van der Waals surface area contributed by atoms with Crippen molar-refractivity contribution in [1.82, 2.24) is 10.2 Å². The zero-order valence-electron chi connectivity index (χ0n) is 12.5. The SMILES string of the molecule is CCOc1ccc2c(c1)[C@@H](N1CCCCCC1)CNC2. The van der Waals surface area contributed by atoms with Gasteiger partial charge < -0.3 is 10.1 Å². The minimum atomic E-state index is 0.525. The Hall–Kier alpha value is -1.06. The second-order valence-electron chi connectivity index (χ2n) is 5.89. The van der Waals surface area contributed by atoms with Gasteiger partial charge in [-0.3, -0.25) is 4.90 Å². The molecule has 2 aliphatic heterocycles. The van der Waals surface area contributed by atoms with E-state index in [0.717, 1.165) is 25.4 Å². The minimum absolute atomic E-state index is 0.525. The Morgan fingerprint density at radius 1 is 1.20 bits per heavy atom. The molecule has 20 heavy (non-hydrogen) atoms. The number of hydrogen-bond acceptors (Lipinski definition) is 3. The topological polar surface area (TPSA) is 24.5 Å². The molecule has 110 valence electrons. The van der Waals surface area contributed by atoms with E-state index in [0.29, 0.717) is 6.04 Å². The summed E-state index contributed by atoms with van der Waals surface area (Å²) in [5.41, 5.74) is 2.92. The average Bonchev–Trinajstić information content (AvgIpc) is 2.76. The standard InChI is InChI=1S/C17H26N2O/c1-2-20-15-8-7-14-12-18-13-17(16(14)11-15)19-9-5-3-4-6-10-19/h7-8,11,17-18H,2-6,9-10,12-13H2,1H3/t17-/m0/s1. The van der Waals surface area contributed by atoms with Gasteiger partial charge in [0.25, 0.3) is 0 Å². The van der Waals surface area contributed by atoms with Crippen molar-refractivity contribution in [3.05, 3.63) is 29.3 Å². The van der Waals surface area contributed by atoms with E-state index in [1.54, 1.807) is 0 Å². The van der Waals surface area contributed by atoms with Gasteiger partial charge in [-0.2, -0.15) is 0 Å². The number of nitrogens with zero attached hydrogens (tertiary/aromatic N) is 1. The average molecular weight is 274 g/mol. The van der Waals surface area contributed by atoms with Crippen LogP contribution in [0.15, 0.2) is 18.2 Å². The van der Waals surface area contributed by atoms with Gasteiger partial charge in [0.1, 0.15) is 5.75 Å². The Morgan fingerprint density at radius 2 is 2.00 bits per heavy atom. The number of ether oxygens (including phenoxy) is 1. The highest BCUT2D eigenvalue weighted by molar-refractivity contribution is 5.39. The lowest BCUT2D eigenvalue weighted by Gasteiger charge is -2.35. The van der Waals surface area contributed by atoms with E-state index >= 15 is 0 Å². The lowest BCUT2D eigenvalue weighted by Crippen LogP contribution is -2.40. The van der Waals surface area contributed by atoms with Crippen molar-refractivity contribution in [3.8, 4) is 5.75 Å². The highest BCUT2D eigenvalue weighted by atomic mass is 16.5. The molecule has 1 aromatic rings. The Morgan fingerprint density at radius 3 is 2.75 bits per heavy atom. The summed E-state index contributed by atoms with van der Waals surface area (Å²) in [6.45, 7) is 7.34. The van der Waals surface area contributed by atoms with E-state index in [4.69, 9.17) is 4.74 Å². The van der Waals surface area contributed by atoms with Crippen LogP contribution in [0.4, 0.5) is 0 Å². The van der Waals surface area contributed by atoms with Crippen LogP contribution in [0.3, 0.4) is 0 Å². The highest BCUT2D eigenvalue weighted by Gasteiger charge is 2.26. The van der Waals surface area contributed by atoms with E-state index in [1.807, 2.05) is 6.92 Å². The molecular weight excluding hydrogens is 248 g/mol. The molecule has 0 spiro atoms. The van der Waals surface area contributed by atoms with Gasteiger partial charge in [-0.1, -0.05) is 18.9 Å². The predicted molar refractivity (Wildman–Crippen MR) is 82.1 cm³/mol. The summed E-state index contributed by atoms with van der Waals surface area (Å²) in [6.07, 6.45) is 5.47. The van der Waals surface area contributed by atoms with Crippen molar-refractivity contribution in [2.24, 2.45) is 0 Å². The molecule has 3 rings (SSSR count). The molecule has 3 heteroatoms. The molecule has 0 radical (unpaired) electrons. The molecule has 0 saturated carbocycles. The fourth-order valence-electron chi connectivity index (χ4n) is 3.49. The molecule has 2 heterocycles. The van der Waals surface area contributed by atoms with Crippen molar-refractivity contribution in [2.75, 3.05) is 26.2 Å². The first-order valence-corrected chi connectivity index (χ1v) is 8.09. The summed E-state index contributed by atoms with van der Waals surface area (Å²) in [4.78, 5) is 2.67. The van der Waals surface area contributed by atoms with Gasteiger partial charge in [0.05, 0.1) is 6.61 Å². The summed E-state index contributed by atoms with van der Waals surface area (Å²) in [7, 11) is 0. The molecule has 2 aliphatic rings. The first kappa shape index (κ1) is 13.9. The van der Waals surface area contributed by atoms with E-state index < -0.39 is 0 Å². The van der Waals surface area contributed by atoms with Crippen molar-refractivity contribution < 1.29 is 4.74 Å². The molecule has 3 nitrogen and oxygen atoms in total. The summed E-state index contributed by atoms with van der Waals surface area (Å²) in [6, 6.07) is 7.14. The third-order valence-electron chi connectivity index (χ3n) is 4.52. The first-order chi connectivity index (χ1) is 9.88. The molecule has 0 amide bonds. The number of rotatable bonds is 3. The molecule has 0 bridgehead atoms. The molecule has 1 saturated heterocycles. The maximum atomic E-state index is 5.69. The molecule has 1 aromatic carbocycles. The Kier molecular flexibility index (Phi) is 4.58. The molecule has 1 N–H and O–H groups in total. The Labute approximate surface area is 122 Å². The monoisotopic (exact) mass is 274 g/mol. The van der Waals surface area contributed by atoms with Gasteiger partial charge in [-0.25, -0.2) is 0 Å². The number of fused-ring (bicyclic) bond motifs is 1. The molecule has 1 fully saturated rings. The van der Waals surface area contributed by atoms with Gasteiger partial charge >= 0.3 is 0 Å². The summed E-state index contributed by atoms with van der Waals surface area (Å²) >= 11 is 0.